The van der Waals surface area contributed by atoms with Gasteiger partial charge in [0.05, 0.1) is 30.6 Å². The Hall–Kier alpha value is -3.83. The maximum Gasteiger partial charge on any atom is 0.280 e. The summed E-state index contributed by atoms with van der Waals surface area (Å²) in [5.41, 5.74) is 8.91. The number of benzene rings is 1. The summed E-state index contributed by atoms with van der Waals surface area (Å²) in [7, 11) is 1.64. The smallest absolute Gasteiger partial charge is 0.280 e. The van der Waals surface area contributed by atoms with E-state index in [2.05, 4.69) is 24.8 Å². The molecule has 1 amide bonds. The second-order valence-electron chi connectivity index (χ2n) is 8.67. The van der Waals surface area contributed by atoms with E-state index in [1.54, 1.807) is 13.3 Å². The molecule has 1 aliphatic carbocycles. The van der Waals surface area contributed by atoms with Crippen molar-refractivity contribution >= 4 is 52.1 Å². The molecule has 1 aliphatic rings. The minimum absolute atomic E-state index is 0.0391. The summed E-state index contributed by atoms with van der Waals surface area (Å²) < 4.78 is 8.32. The number of halogens is 1. The number of imidazole rings is 1. The molecule has 0 saturated heterocycles. The molecular weight excluding hydrogens is 512 g/mol. The van der Waals surface area contributed by atoms with E-state index in [0.29, 0.717) is 32.7 Å². The van der Waals surface area contributed by atoms with Gasteiger partial charge in [0.1, 0.15) is 33.5 Å². The fourth-order valence-electron chi connectivity index (χ4n) is 4.80. The van der Waals surface area contributed by atoms with Gasteiger partial charge in [-0.1, -0.05) is 35.1 Å². The van der Waals surface area contributed by atoms with E-state index in [0.717, 1.165) is 53.8 Å². The maximum absolute atomic E-state index is 12.8. The number of ether oxygens (including phenoxy) is 1. The molecule has 1 saturated carbocycles. The molecule has 4 aromatic rings. The lowest BCUT2D eigenvalue weighted by Gasteiger charge is -2.32. The molecule has 12 heteroatoms. The Morgan fingerprint density at radius 1 is 1.32 bits per heavy atom. The number of fused-ring (bicyclic) bond motifs is 1. The highest BCUT2D eigenvalue weighted by molar-refractivity contribution is 7.17. The molecule has 1 fully saturated rings. The van der Waals surface area contributed by atoms with Crippen LogP contribution < -0.4 is 15.8 Å². The Balaban J connectivity index is 1.56. The number of amidine groups is 1. The summed E-state index contributed by atoms with van der Waals surface area (Å²) in [5, 5.41) is 10.7. The van der Waals surface area contributed by atoms with Crippen LogP contribution in [0.4, 0.5) is 0 Å². The average molecular weight is 537 g/mol. The molecule has 0 bridgehead atoms. The molecule has 37 heavy (non-hydrogen) atoms. The number of pyridine rings is 1. The number of amides is 1. The fourth-order valence-corrected chi connectivity index (χ4v) is 5.61. The second kappa shape index (κ2) is 10.7. The van der Waals surface area contributed by atoms with E-state index < -0.39 is 0 Å². The van der Waals surface area contributed by atoms with E-state index in [1.165, 1.54) is 6.20 Å². The van der Waals surface area contributed by atoms with Crippen LogP contribution >= 0.6 is 22.9 Å². The van der Waals surface area contributed by atoms with Gasteiger partial charge in [0.2, 0.25) is 0 Å². The van der Waals surface area contributed by atoms with Gasteiger partial charge < -0.3 is 20.4 Å². The standard InChI is InChI=1S/C25H25ClN8O2S/c1-36-20-8-3-2-7-16(20)23-33-18-11-29-17(22(28)31-13-27)10-19(18)34(23)15-6-4-5-14(9-15)32-24(35)25-30-12-21(26)37-25/h2-3,7-8,10-15H,4-6,9H2,1H3,(H,32,35)(H3,27,28,31). The van der Waals surface area contributed by atoms with Crippen LogP contribution in [0.15, 0.2) is 47.7 Å². The molecule has 0 aliphatic heterocycles. The normalized spacial score (nSPS) is 18.1. The number of nitrogens with one attached hydrogen (secondary N) is 2. The van der Waals surface area contributed by atoms with E-state index in [9.17, 15) is 4.79 Å². The molecule has 5 rings (SSSR count). The van der Waals surface area contributed by atoms with Gasteiger partial charge in [0.25, 0.3) is 5.91 Å². The highest BCUT2D eigenvalue weighted by Crippen LogP contribution is 2.39. The Bertz CT molecular complexity index is 1500. The van der Waals surface area contributed by atoms with Crippen LogP contribution in [-0.2, 0) is 0 Å². The number of aliphatic imine (C=N–C) groups is 1. The molecule has 2 unspecified atom stereocenters. The van der Waals surface area contributed by atoms with Crippen LogP contribution in [0.5, 0.6) is 5.75 Å². The number of hydrogen-bond donors (Lipinski definition) is 3. The van der Waals surface area contributed by atoms with Crippen LogP contribution in [0, 0.1) is 5.41 Å². The Morgan fingerprint density at radius 3 is 2.92 bits per heavy atom. The topological polar surface area (TPSA) is 144 Å². The number of thiazole rings is 1. The summed E-state index contributed by atoms with van der Waals surface area (Å²) in [5.74, 6) is 1.39. The van der Waals surface area contributed by atoms with Crippen molar-refractivity contribution in [3.8, 4) is 17.1 Å². The second-order valence-corrected chi connectivity index (χ2v) is 10.3. The fraction of sp³-hybridized carbons (Fsp3) is 0.280. The molecular formula is C25H25ClN8O2S. The average Bonchev–Trinajstić information content (AvgIpc) is 3.52. The highest BCUT2D eigenvalue weighted by Gasteiger charge is 2.29. The zero-order valence-electron chi connectivity index (χ0n) is 20.0. The summed E-state index contributed by atoms with van der Waals surface area (Å²) in [6.45, 7) is 0. The molecule has 190 valence electrons. The number of aromatic nitrogens is 4. The largest absolute Gasteiger partial charge is 0.496 e. The van der Waals surface area contributed by atoms with Crippen molar-refractivity contribution in [3.05, 3.63) is 57.8 Å². The zero-order chi connectivity index (χ0) is 25.9. The van der Waals surface area contributed by atoms with Gasteiger partial charge >= 0.3 is 0 Å². The first-order valence-electron chi connectivity index (χ1n) is 11.7. The molecule has 3 aromatic heterocycles. The number of nitrogens with two attached hydrogens (primary N) is 1. The highest BCUT2D eigenvalue weighted by atomic mass is 35.5. The third-order valence-electron chi connectivity index (χ3n) is 6.41. The molecule has 1 aromatic carbocycles. The number of methoxy groups -OCH3 is 1. The number of rotatable bonds is 7. The molecule has 2 atom stereocenters. The first-order valence-corrected chi connectivity index (χ1v) is 12.9. The number of carbonyl (C=O) groups excluding carboxylic acids is 1. The van der Waals surface area contributed by atoms with E-state index in [1.807, 2.05) is 30.3 Å². The molecule has 0 spiro atoms. The van der Waals surface area contributed by atoms with Gasteiger partial charge in [-0.15, -0.1) is 0 Å². The maximum atomic E-state index is 12.8. The predicted octanol–water partition coefficient (Wildman–Crippen LogP) is 4.44. The molecule has 4 N–H and O–H groups in total. The van der Waals surface area contributed by atoms with E-state index >= 15 is 0 Å². The van der Waals surface area contributed by atoms with Crippen LogP contribution in [0.3, 0.4) is 0 Å². The van der Waals surface area contributed by atoms with Crippen LogP contribution in [0.25, 0.3) is 22.4 Å². The number of hydrogen-bond acceptors (Lipinski definition) is 7. The molecule has 3 heterocycles. The third-order valence-corrected chi connectivity index (χ3v) is 7.52. The first kappa shape index (κ1) is 24.8. The number of nitrogens with zero attached hydrogens (tertiary/aromatic N) is 5. The van der Waals surface area contributed by atoms with Crippen molar-refractivity contribution in [2.75, 3.05) is 7.11 Å². The van der Waals surface area contributed by atoms with Gasteiger partial charge in [-0.2, -0.15) is 0 Å². The predicted molar refractivity (Wildman–Crippen MR) is 145 cm³/mol. The van der Waals surface area contributed by atoms with Crippen molar-refractivity contribution in [2.45, 2.75) is 37.8 Å². The Labute approximate surface area is 222 Å². The number of carbonyl (C=O) groups is 1. The van der Waals surface area contributed by atoms with Gasteiger partial charge in [0.15, 0.2) is 10.8 Å². The monoisotopic (exact) mass is 536 g/mol. The van der Waals surface area contributed by atoms with Crippen molar-refractivity contribution in [2.24, 2.45) is 10.7 Å². The summed E-state index contributed by atoms with van der Waals surface area (Å²) in [4.78, 5) is 30.1. The van der Waals surface area contributed by atoms with Gasteiger partial charge in [-0.05, 0) is 43.9 Å². The van der Waals surface area contributed by atoms with E-state index in [4.69, 9.17) is 32.5 Å². The van der Waals surface area contributed by atoms with E-state index in [-0.39, 0.29) is 23.8 Å². The van der Waals surface area contributed by atoms with Crippen molar-refractivity contribution in [1.29, 1.82) is 5.41 Å². The van der Waals surface area contributed by atoms with Crippen LogP contribution in [0.2, 0.25) is 4.34 Å². The Kier molecular flexibility index (Phi) is 7.15. The summed E-state index contributed by atoms with van der Waals surface area (Å²) in [6, 6.07) is 9.60. The van der Waals surface area contributed by atoms with Crippen LogP contribution in [0.1, 0.15) is 47.2 Å². The lowest BCUT2D eigenvalue weighted by Crippen LogP contribution is -2.39. The lowest BCUT2D eigenvalue weighted by molar-refractivity contribution is 0.0920. The van der Waals surface area contributed by atoms with Crippen molar-refractivity contribution in [1.82, 2.24) is 24.8 Å². The lowest BCUT2D eigenvalue weighted by atomic mass is 9.90. The van der Waals surface area contributed by atoms with Crippen molar-refractivity contribution < 1.29 is 9.53 Å². The van der Waals surface area contributed by atoms with Gasteiger partial charge in [-0.25, -0.2) is 15.0 Å². The minimum Gasteiger partial charge on any atom is -0.496 e. The molecule has 0 radical (unpaired) electrons. The zero-order valence-corrected chi connectivity index (χ0v) is 21.6. The first-order chi connectivity index (χ1) is 18.0. The summed E-state index contributed by atoms with van der Waals surface area (Å²) in [6.07, 6.45) is 7.45. The summed E-state index contributed by atoms with van der Waals surface area (Å²) >= 11 is 7.13. The Morgan fingerprint density at radius 2 is 2.16 bits per heavy atom. The van der Waals surface area contributed by atoms with Crippen molar-refractivity contribution in [3.63, 3.8) is 0 Å². The van der Waals surface area contributed by atoms with Gasteiger partial charge in [0, 0.05) is 12.1 Å². The van der Waals surface area contributed by atoms with Gasteiger partial charge in [-0.3, -0.25) is 15.2 Å². The quantitative estimate of drug-likeness (QED) is 0.235. The SMILES string of the molecule is COc1ccccc1-c1nc2cnc(C(N)=NC=N)cc2n1C1CCCC(NC(=O)c2ncc(Cl)s2)C1. The molecule has 10 nitrogen and oxygen atoms in total. The van der Waals surface area contributed by atoms with Crippen LogP contribution in [-0.4, -0.2) is 50.8 Å². The minimum atomic E-state index is -0.217. The number of para-hydroxylation sites is 1. The third kappa shape index (κ3) is 5.05.